The second-order valence-electron chi connectivity index (χ2n) is 4.23. The number of anilines is 2. The molecule has 1 saturated heterocycles. The molecule has 0 atom stereocenters. The number of morpholine rings is 1. The van der Waals surface area contributed by atoms with Crippen LogP contribution < -0.4 is 16.0 Å². The lowest BCUT2D eigenvalue weighted by atomic mass is 10.1. The standard InChI is InChI=1S/C13H19N3O2/c1-2-15-13(17)10-3-4-11(14)12(9-10)16-5-7-18-8-6-16/h3-4,9H,2,5-8,14H2,1H3,(H,15,17). The average Bonchev–Trinajstić information content (AvgIpc) is 2.40. The summed E-state index contributed by atoms with van der Waals surface area (Å²) in [7, 11) is 0. The van der Waals surface area contributed by atoms with Crippen LogP contribution in [-0.2, 0) is 4.74 Å². The number of carbonyl (C=O) groups is 1. The summed E-state index contributed by atoms with van der Waals surface area (Å²) in [5, 5.41) is 2.79. The van der Waals surface area contributed by atoms with Crippen LogP contribution in [-0.4, -0.2) is 38.8 Å². The molecule has 5 nitrogen and oxygen atoms in total. The molecule has 1 heterocycles. The van der Waals surface area contributed by atoms with Crippen molar-refractivity contribution in [3.05, 3.63) is 23.8 Å². The third kappa shape index (κ3) is 2.73. The third-order valence-corrected chi connectivity index (χ3v) is 2.98. The Morgan fingerprint density at radius 3 is 2.83 bits per heavy atom. The molecule has 0 aromatic heterocycles. The zero-order valence-corrected chi connectivity index (χ0v) is 10.6. The summed E-state index contributed by atoms with van der Waals surface area (Å²) >= 11 is 0. The van der Waals surface area contributed by atoms with Gasteiger partial charge in [0.1, 0.15) is 0 Å². The van der Waals surface area contributed by atoms with Crippen molar-refractivity contribution >= 4 is 17.3 Å². The maximum atomic E-state index is 11.8. The number of benzene rings is 1. The topological polar surface area (TPSA) is 67.6 Å². The first kappa shape index (κ1) is 12.7. The van der Waals surface area contributed by atoms with Gasteiger partial charge in [0.15, 0.2) is 0 Å². The highest BCUT2D eigenvalue weighted by Crippen LogP contribution is 2.25. The number of ether oxygens (including phenoxy) is 1. The number of nitrogens with two attached hydrogens (primary N) is 1. The quantitative estimate of drug-likeness (QED) is 0.779. The van der Waals surface area contributed by atoms with Crippen LogP contribution >= 0.6 is 0 Å². The first-order valence-corrected chi connectivity index (χ1v) is 6.22. The molecule has 5 heteroatoms. The van der Waals surface area contributed by atoms with Crippen LogP contribution in [0.1, 0.15) is 17.3 Å². The van der Waals surface area contributed by atoms with Gasteiger partial charge in [0.05, 0.1) is 24.6 Å². The van der Waals surface area contributed by atoms with E-state index in [-0.39, 0.29) is 5.91 Å². The van der Waals surface area contributed by atoms with Crippen LogP contribution in [0.5, 0.6) is 0 Å². The first-order valence-electron chi connectivity index (χ1n) is 6.22. The summed E-state index contributed by atoms with van der Waals surface area (Å²) in [5.41, 5.74) is 8.24. The van der Waals surface area contributed by atoms with E-state index in [1.807, 2.05) is 13.0 Å². The molecule has 1 aliphatic heterocycles. The SMILES string of the molecule is CCNC(=O)c1ccc(N)c(N2CCOCC2)c1. The molecule has 1 aromatic carbocycles. The zero-order valence-electron chi connectivity index (χ0n) is 10.6. The van der Waals surface area contributed by atoms with E-state index in [9.17, 15) is 4.79 Å². The smallest absolute Gasteiger partial charge is 0.251 e. The molecular weight excluding hydrogens is 230 g/mol. The molecule has 98 valence electrons. The Kier molecular flexibility index (Phi) is 4.04. The normalized spacial score (nSPS) is 15.5. The molecule has 2 rings (SSSR count). The van der Waals surface area contributed by atoms with Crippen molar-refractivity contribution in [2.75, 3.05) is 43.5 Å². The second kappa shape index (κ2) is 5.73. The van der Waals surface area contributed by atoms with Crippen molar-refractivity contribution in [2.24, 2.45) is 0 Å². The summed E-state index contributed by atoms with van der Waals surface area (Å²) in [6.45, 7) is 5.54. The highest BCUT2D eigenvalue weighted by atomic mass is 16.5. The molecule has 1 aromatic rings. The number of amides is 1. The van der Waals surface area contributed by atoms with Gasteiger partial charge in [-0.2, -0.15) is 0 Å². The minimum atomic E-state index is -0.0630. The maximum absolute atomic E-state index is 11.8. The van der Waals surface area contributed by atoms with Crippen LogP contribution in [0.25, 0.3) is 0 Å². The molecule has 0 saturated carbocycles. The van der Waals surface area contributed by atoms with Gasteiger partial charge in [-0.3, -0.25) is 4.79 Å². The number of nitrogens with zero attached hydrogens (tertiary/aromatic N) is 1. The van der Waals surface area contributed by atoms with Crippen molar-refractivity contribution in [3.8, 4) is 0 Å². The van der Waals surface area contributed by atoms with Gasteiger partial charge in [0.25, 0.3) is 5.91 Å². The fourth-order valence-corrected chi connectivity index (χ4v) is 2.03. The van der Waals surface area contributed by atoms with Gasteiger partial charge in [0, 0.05) is 25.2 Å². The van der Waals surface area contributed by atoms with Gasteiger partial charge < -0.3 is 20.7 Å². The monoisotopic (exact) mass is 249 g/mol. The largest absolute Gasteiger partial charge is 0.397 e. The van der Waals surface area contributed by atoms with Crippen molar-refractivity contribution in [2.45, 2.75) is 6.92 Å². The lowest BCUT2D eigenvalue weighted by Crippen LogP contribution is -2.36. The molecule has 0 radical (unpaired) electrons. The van der Waals surface area contributed by atoms with Gasteiger partial charge in [-0.25, -0.2) is 0 Å². The summed E-state index contributed by atoms with van der Waals surface area (Å²) < 4.78 is 5.32. The minimum absolute atomic E-state index is 0.0630. The van der Waals surface area contributed by atoms with E-state index in [4.69, 9.17) is 10.5 Å². The number of nitrogens with one attached hydrogen (secondary N) is 1. The number of hydrogen-bond acceptors (Lipinski definition) is 4. The van der Waals surface area contributed by atoms with Gasteiger partial charge in [0.2, 0.25) is 0 Å². The molecule has 0 aliphatic carbocycles. The number of carbonyl (C=O) groups excluding carboxylic acids is 1. The van der Waals surface area contributed by atoms with Crippen LogP contribution in [0.15, 0.2) is 18.2 Å². The first-order chi connectivity index (χ1) is 8.72. The average molecular weight is 249 g/mol. The Balaban J connectivity index is 2.23. The zero-order chi connectivity index (χ0) is 13.0. The molecule has 1 aliphatic rings. The van der Waals surface area contributed by atoms with Crippen molar-refractivity contribution in [1.82, 2.24) is 5.32 Å². The Morgan fingerprint density at radius 1 is 1.44 bits per heavy atom. The molecule has 18 heavy (non-hydrogen) atoms. The number of hydrogen-bond donors (Lipinski definition) is 2. The lowest BCUT2D eigenvalue weighted by Gasteiger charge is -2.30. The van der Waals surface area contributed by atoms with Crippen LogP contribution in [0.3, 0.4) is 0 Å². The molecule has 0 unspecified atom stereocenters. The van der Waals surface area contributed by atoms with E-state index >= 15 is 0 Å². The Bertz CT molecular complexity index is 428. The van der Waals surface area contributed by atoms with Crippen LogP contribution in [0, 0.1) is 0 Å². The summed E-state index contributed by atoms with van der Waals surface area (Å²) in [6.07, 6.45) is 0. The molecule has 1 amide bonds. The highest BCUT2D eigenvalue weighted by molar-refractivity contribution is 5.96. The Labute approximate surface area is 107 Å². The maximum Gasteiger partial charge on any atom is 0.251 e. The van der Waals surface area contributed by atoms with Crippen molar-refractivity contribution in [3.63, 3.8) is 0 Å². The number of rotatable bonds is 3. The molecule has 1 fully saturated rings. The van der Waals surface area contributed by atoms with Crippen LogP contribution in [0.4, 0.5) is 11.4 Å². The third-order valence-electron chi connectivity index (χ3n) is 2.98. The van der Waals surface area contributed by atoms with Gasteiger partial charge in [-0.15, -0.1) is 0 Å². The number of nitrogen functional groups attached to an aromatic ring is 1. The predicted octanol–water partition coefficient (Wildman–Crippen LogP) is 0.855. The van der Waals surface area contributed by atoms with Gasteiger partial charge >= 0.3 is 0 Å². The van der Waals surface area contributed by atoms with Crippen molar-refractivity contribution in [1.29, 1.82) is 0 Å². The van der Waals surface area contributed by atoms with E-state index in [2.05, 4.69) is 10.2 Å². The van der Waals surface area contributed by atoms with E-state index in [1.165, 1.54) is 0 Å². The second-order valence-corrected chi connectivity index (χ2v) is 4.23. The molecule has 0 spiro atoms. The van der Waals surface area contributed by atoms with Gasteiger partial charge in [-0.1, -0.05) is 0 Å². The molecule has 3 N–H and O–H groups in total. The lowest BCUT2D eigenvalue weighted by molar-refractivity contribution is 0.0956. The van der Waals surface area contributed by atoms with E-state index in [1.54, 1.807) is 12.1 Å². The van der Waals surface area contributed by atoms with E-state index in [0.29, 0.717) is 31.0 Å². The molecular formula is C13H19N3O2. The summed E-state index contributed by atoms with van der Waals surface area (Å²) in [4.78, 5) is 14.0. The minimum Gasteiger partial charge on any atom is -0.397 e. The van der Waals surface area contributed by atoms with Gasteiger partial charge in [-0.05, 0) is 25.1 Å². The molecule has 0 bridgehead atoms. The highest BCUT2D eigenvalue weighted by Gasteiger charge is 2.15. The van der Waals surface area contributed by atoms with E-state index < -0.39 is 0 Å². The summed E-state index contributed by atoms with van der Waals surface area (Å²) in [5.74, 6) is -0.0630. The Hall–Kier alpha value is -1.75. The predicted molar refractivity (Wildman–Crippen MR) is 71.9 cm³/mol. The van der Waals surface area contributed by atoms with E-state index in [0.717, 1.165) is 18.8 Å². The summed E-state index contributed by atoms with van der Waals surface area (Å²) in [6, 6.07) is 5.39. The fourth-order valence-electron chi connectivity index (χ4n) is 2.03. The van der Waals surface area contributed by atoms with Crippen LogP contribution in [0.2, 0.25) is 0 Å². The van der Waals surface area contributed by atoms with Crippen molar-refractivity contribution < 1.29 is 9.53 Å². The Morgan fingerprint density at radius 2 is 2.17 bits per heavy atom. The fraction of sp³-hybridized carbons (Fsp3) is 0.462.